The number of benzene rings is 2. The lowest BCUT2D eigenvalue weighted by Gasteiger charge is -2.46. The van der Waals surface area contributed by atoms with Crippen LogP contribution in [0.15, 0.2) is 60.7 Å². The largest absolute Gasteiger partial charge is 0.393 e. The van der Waals surface area contributed by atoms with Crippen molar-refractivity contribution in [1.29, 1.82) is 0 Å². The van der Waals surface area contributed by atoms with Crippen molar-refractivity contribution < 1.29 is 5.11 Å². The Bertz CT molecular complexity index is 569. The first-order valence-corrected chi connectivity index (χ1v) is 7.68. The monoisotopic (exact) mass is 281 g/mol. The SMILES string of the molecule is C[C@@H]1[C@@H](c2ccccc2)N(C)[C@H](c2ccccc2)C[C@@H]1O. The van der Waals surface area contributed by atoms with Gasteiger partial charge in [0.25, 0.3) is 0 Å². The summed E-state index contributed by atoms with van der Waals surface area (Å²) >= 11 is 0. The van der Waals surface area contributed by atoms with Gasteiger partial charge >= 0.3 is 0 Å². The molecule has 0 radical (unpaired) electrons. The van der Waals surface area contributed by atoms with Crippen molar-refractivity contribution in [2.24, 2.45) is 5.92 Å². The van der Waals surface area contributed by atoms with Crippen LogP contribution in [0.1, 0.15) is 36.6 Å². The van der Waals surface area contributed by atoms with E-state index in [1.807, 2.05) is 12.1 Å². The van der Waals surface area contributed by atoms with Crippen LogP contribution in [0.4, 0.5) is 0 Å². The topological polar surface area (TPSA) is 23.5 Å². The molecule has 110 valence electrons. The summed E-state index contributed by atoms with van der Waals surface area (Å²) in [7, 11) is 2.18. The minimum Gasteiger partial charge on any atom is -0.393 e. The third kappa shape index (κ3) is 2.74. The van der Waals surface area contributed by atoms with Crippen LogP contribution in [-0.4, -0.2) is 23.2 Å². The van der Waals surface area contributed by atoms with E-state index in [2.05, 4.69) is 67.4 Å². The summed E-state index contributed by atoms with van der Waals surface area (Å²) in [5.74, 6) is 0.234. The molecule has 2 aromatic carbocycles. The standard InChI is InChI=1S/C19H23NO/c1-14-18(21)13-17(15-9-5-3-6-10-15)20(2)19(14)16-11-7-4-8-12-16/h3-12,14,17-19,21H,13H2,1-2H3/t14-,17-,18-,19-/m0/s1. The second kappa shape index (κ2) is 6.00. The maximum absolute atomic E-state index is 10.5. The molecule has 3 rings (SSSR count). The van der Waals surface area contributed by atoms with Crippen molar-refractivity contribution in [3.8, 4) is 0 Å². The maximum atomic E-state index is 10.5. The molecule has 4 atom stereocenters. The molecule has 2 heteroatoms. The van der Waals surface area contributed by atoms with Gasteiger partial charge in [0.1, 0.15) is 0 Å². The van der Waals surface area contributed by atoms with E-state index in [9.17, 15) is 5.11 Å². The molecule has 0 bridgehead atoms. The van der Waals surface area contributed by atoms with Crippen LogP contribution in [0.2, 0.25) is 0 Å². The molecule has 1 saturated heterocycles. The van der Waals surface area contributed by atoms with Gasteiger partial charge in [-0.3, -0.25) is 4.90 Å². The summed E-state index contributed by atoms with van der Waals surface area (Å²) in [5.41, 5.74) is 2.57. The van der Waals surface area contributed by atoms with Gasteiger partial charge in [0, 0.05) is 18.0 Å². The summed E-state index contributed by atoms with van der Waals surface area (Å²) in [6.07, 6.45) is 0.530. The van der Waals surface area contributed by atoms with E-state index in [4.69, 9.17) is 0 Å². The van der Waals surface area contributed by atoms with Crippen LogP contribution in [0, 0.1) is 5.92 Å². The summed E-state index contributed by atoms with van der Waals surface area (Å²) in [4.78, 5) is 2.42. The van der Waals surface area contributed by atoms with Crippen molar-refractivity contribution >= 4 is 0 Å². The van der Waals surface area contributed by atoms with Crippen LogP contribution >= 0.6 is 0 Å². The molecule has 0 saturated carbocycles. The molecule has 0 amide bonds. The van der Waals surface area contributed by atoms with Gasteiger partial charge < -0.3 is 5.11 Å². The lowest BCUT2D eigenvalue weighted by Crippen LogP contribution is -2.44. The Labute approximate surface area is 127 Å². The fourth-order valence-electron chi connectivity index (χ4n) is 3.62. The highest BCUT2D eigenvalue weighted by molar-refractivity contribution is 5.25. The van der Waals surface area contributed by atoms with Gasteiger partial charge in [-0.1, -0.05) is 67.6 Å². The third-order valence-corrected chi connectivity index (χ3v) is 4.83. The molecule has 0 unspecified atom stereocenters. The highest BCUT2D eigenvalue weighted by atomic mass is 16.3. The minimum atomic E-state index is -0.267. The number of rotatable bonds is 2. The van der Waals surface area contributed by atoms with Crippen LogP contribution in [0.25, 0.3) is 0 Å². The predicted molar refractivity (Wildman–Crippen MR) is 85.9 cm³/mol. The van der Waals surface area contributed by atoms with Crippen molar-refractivity contribution in [2.45, 2.75) is 31.5 Å². The Morgan fingerprint density at radius 2 is 1.43 bits per heavy atom. The van der Waals surface area contributed by atoms with E-state index in [0.717, 1.165) is 6.42 Å². The molecule has 0 aliphatic carbocycles. The van der Waals surface area contributed by atoms with E-state index in [0.29, 0.717) is 0 Å². The van der Waals surface area contributed by atoms with Gasteiger partial charge in [0.15, 0.2) is 0 Å². The quantitative estimate of drug-likeness (QED) is 0.905. The molecule has 21 heavy (non-hydrogen) atoms. The van der Waals surface area contributed by atoms with Crippen molar-refractivity contribution in [3.63, 3.8) is 0 Å². The van der Waals surface area contributed by atoms with E-state index in [1.54, 1.807) is 0 Å². The number of hydrogen-bond donors (Lipinski definition) is 1. The summed E-state index contributed by atoms with van der Waals surface area (Å²) in [5, 5.41) is 10.5. The molecule has 0 spiro atoms. The highest BCUT2D eigenvalue weighted by Crippen LogP contribution is 2.43. The minimum absolute atomic E-state index is 0.234. The fourth-order valence-corrected chi connectivity index (χ4v) is 3.62. The maximum Gasteiger partial charge on any atom is 0.0602 e. The molecular weight excluding hydrogens is 258 g/mol. The molecule has 1 aliphatic heterocycles. The molecule has 1 fully saturated rings. The average Bonchev–Trinajstić information content (AvgIpc) is 2.53. The number of hydrogen-bond acceptors (Lipinski definition) is 2. The lowest BCUT2D eigenvalue weighted by atomic mass is 9.79. The van der Waals surface area contributed by atoms with E-state index in [-0.39, 0.29) is 24.1 Å². The Balaban J connectivity index is 1.96. The second-order valence-electron chi connectivity index (χ2n) is 6.11. The first kappa shape index (κ1) is 14.3. The van der Waals surface area contributed by atoms with E-state index >= 15 is 0 Å². The highest BCUT2D eigenvalue weighted by Gasteiger charge is 2.39. The van der Waals surface area contributed by atoms with E-state index < -0.39 is 0 Å². The number of likely N-dealkylation sites (tertiary alicyclic amines) is 1. The average molecular weight is 281 g/mol. The zero-order chi connectivity index (χ0) is 14.8. The zero-order valence-electron chi connectivity index (χ0n) is 12.7. The van der Waals surface area contributed by atoms with Crippen molar-refractivity contribution in [2.75, 3.05) is 7.05 Å². The van der Waals surface area contributed by atoms with Crippen LogP contribution < -0.4 is 0 Å². The van der Waals surface area contributed by atoms with Gasteiger partial charge in [-0.25, -0.2) is 0 Å². The van der Waals surface area contributed by atoms with Gasteiger partial charge in [-0.05, 0) is 24.6 Å². The van der Waals surface area contributed by atoms with Crippen molar-refractivity contribution in [1.82, 2.24) is 4.90 Å². The molecule has 2 nitrogen and oxygen atoms in total. The normalized spacial score (nSPS) is 30.2. The summed E-state index contributed by atoms with van der Waals surface area (Å²) in [6.45, 7) is 2.15. The molecule has 0 aromatic heterocycles. The van der Waals surface area contributed by atoms with Crippen LogP contribution in [0.5, 0.6) is 0 Å². The lowest BCUT2D eigenvalue weighted by molar-refractivity contribution is -0.0328. The molecular formula is C19H23NO. The number of aliphatic hydroxyl groups excluding tert-OH is 1. The third-order valence-electron chi connectivity index (χ3n) is 4.83. The Morgan fingerprint density at radius 1 is 0.905 bits per heavy atom. The van der Waals surface area contributed by atoms with Crippen LogP contribution in [-0.2, 0) is 0 Å². The van der Waals surface area contributed by atoms with Crippen molar-refractivity contribution in [3.05, 3.63) is 71.8 Å². The molecule has 1 aliphatic rings. The Kier molecular flexibility index (Phi) is 4.09. The van der Waals surface area contributed by atoms with Gasteiger partial charge in [0.2, 0.25) is 0 Å². The van der Waals surface area contributed by atoms with Gasteiger partial charge in [0.05, 0.1) is 6.10 Å². The number of nitrogens with zero attached hydrogens (tertiary/aromatic N) is 1. The fraction of sp³-hybridized carbons (Fsp3) is 0.368. The molecule has 1 heterocycles. The predicted octanol–water partition coefficient (Wildman–Crippen LogP) is 3.80. The summed E-state index contributed by atoms with van der Waals surface area (Å²) in [6, 6.07) is 21.6. The molecule has 1 N–H and O–H groups in total. The van der Waals surface area contributed by atoms with Crippen LogP contribution in [0.3, 0.4) is 0 Å². The second-order valence-corrected chi connectivity index (χ2v) is 6.11. The number of aliphatic hydroxyl groups is 1. The first-order valence-electron chi connectivity index (χ1n) is 7.68. The van der Waals surface area contributed by atoms with Gasteiger partial charge in [-0.2, -0.15) is 0 Å². The smallest absolute Gasteiger partial charge is 0.0602 e. The zero-order valence-corrected chi connectivity index (χ0v) is 12.7. The Morgan fingerprint density at radius 3 is 2.00 bits per heavy atom. The molecule has 2 aromatic rings. The number of piperidine rings is 1. The van der Waals surface area contributed by atoms with E-state index in [1.165, 1.54) is 11.1 Å². The summed E-state index contributed by atoms with van der Waals surface area (Å²) < 4.78 is 0. The Hall–Kier alpha value is -1.64. The first-order chi connectivity index (χ1) is 10.2. The van der Waals surface area contributed by atoms with Gasteiger partial charge in [-0.15, -0.1) is 0 Å².